The minimum absolute atomic E-state index is 0.279. The maximum atomic E-state index is 11.7. The number of carbonyl (C=O) groups is 3. The van der Waals surface area contributed by atoms with E-state index < -0.39 is 48.6 Å². The summed E-state index contributed by atoms with van der Waals surface area (Å²) < 4.78 is 27.1. The number of benzene rings is 1. The summed E-state index contributed by atoms with van der Waals surface area (Å²) in [5, 5.41) is 4.02. The Kier molecular flexibility index (Phi) is 8.28. The van der Waals surface area contributed by atoms with Crippen molar-refractivity contribution in [1.82, 2.24) is 0 Å². The summed E-state index contributed by atoms with van der Waals surface area (Å²) in [6, 6.07) is 5.12. The topological polar surface area (TPSA) is 146 Å². The zero-order valence-electron chi connectivity index (χ0n) is 16.4. The molecule has 1 aromatic rings. The van der Waals surface area contributed by atoms with Crippen LogP contribution in [-0.4, -0.2) is 55.2 Å². The molecule has 0 radical (unpaired) electrons. The number of esters is 3. The van der Waals surface area contributed by atoms with Gasteiger partial charge in [-0.2, -0.15) is 0 Å². The van der Waals surface area contributed by atoms with E-state index in [2.05, 4.69) is 10.0 Å². The first-order chi connectivity index (χ1) is 14.2. The molecular weight excluding hydrogens is 422 g/mol. The lowest BCUT2D eigenvalue weighted by Gasteiger charge is -2.43. The van der Waals surface area contributed by atoms with Crippen molar-refractivity contribution in [3.8, 4) is 5.75 Å². The van der Waals surface area contributed by atoms with Gasteiger partial charge < -0.3 is 23.7 Å². The Bertz CT molecular complexity index is 844. The normalized spacial score (nSPS) is 25.4. The van der Waals surface area contributed by atoms with Gasteiger partial charge in [-0.15, -0.1) is 0 Å². The molecule has 0 aliphatic carbocycles. The Morgan fingerprint density at radius 3 is 2.37 bits per heavy atom. The van der Waals surface area contributed by atoms with Crippen LogP contribution < -0.4 is 4.74 Å². The number of nitrogens with zero attached hydrogens (tertiary/aromatic N) is 3. The third-order valence-corrected chi connectivity index (χ3v) is 4.14. The second-order valence-electron chi connectivity index (χ2n) is 6.26. The van der Waals surface area contributed by atoms with Crippen molar-refractivity contribution in [2.24, 2.45) is 5.11 Å². The number of azide groups is 1. The molecule has 3 unspecified atom stereocenters. The number of hydrogen-bond donors (Lipinski definition) is 0. The lowest BCUT2D eigenvalue weighted by atomic mass is 9.96. The molecule has 2 rings (SSSR count). The van der Waals surface area contributed by atoms with E-state index in [0.29, 0.717) is 5.02 Å². The van der Waals surface area contributed by atoms with E-state index in [1.54, 1.807) is 18.2 Å². The summed E-state index contributed by atoms with van der Waals surface area (Å²) in [6.45, 7) is 3.16. The van der Waals surface area contributed by atoms with E-state index in [9.17, 15) is 14.4 Å². The smallest absolute Gasteiger partial charge is 0.303 e. The highest BCUT2D eigenvalue weighted by Gasteiger charge is 2.51. The predicted molar refractivity (Wildman–Crippen MR) is 101 cm³/mol. The van der Waals surface area contributed by atoms with Crippen LogP contribution in [0, 0.1) is 0 Å². The second kappa shape index (κ2) is 10.7. The van der Waals surface area contributed by atoms with Gasteiger partial charge in [-0.1, -0.05) is 22.8 Å². The first-order valence-corrected chi connectivity index (χ1v) is 9.18. The van der Waals surface area contributed by atoms with Gasteiger partial charge in [0.15, 0.2) is 6.10 Å². The standard InChI is InChI=1S/C18H20ClN3O8/c1-9(23)26-8-14-16(27-10(2)24)15(21-22-20)17(28-11(3)25)18(30-14)29-13-6-4-5-12(19)7-13/h4-7,14-18H,8H2,1-3H3/t14?,15?,16-,17?,18-/m0/s1. The largest absolute Gasteiger partial charge is 0.463 e. The maximum absolute atomic E-state index is 11.7. The van der Waals surface area contributed by atoms with Crippen LogP contribution in [0.2, 0.25) is 5.02 Å². The minimum Gasteiger partial charge on any atom is -0.463 e. The summed E-state index contributed by atoms with van der Waals surface area (Å²) in [5.74, 6) is -1.73. The first-order valence-electron chi connectivity index (χ1n) is 8.81. The van der Waals surface area contributed by atoms with Gasteiger partial charge in [-0.05, 0) is 23.7 Å². The Balaban J connectivity index is 2.43. The van der Waals surface area contributed by atoms with Crippen molar-refractivity contribution in [3.63, 3.8) is 0 Å². The van der Waals surface area contributed by atoms with Gasteiger partial charge in [0.2, 0.25) is 6.29 Å². The van der Waals surface area contributed by atoms with Gasteiger partial charge in [0.05, 0.1) is 0 Å². The van der Waals surface area contributed by atoms with Gasteiger partial charge in [0.25, 0.3) is 0 Å². The van der Waals surface area contributed by atoms with Crippen LogP contribution in [0.3, 0.4) is 0 Å². The summed E-state index contributed by atoms with van der Waals surface area (Å²) in [6.07, 6.45) is -4.82. The highest BCUT2D eigenvalue weighted by Crippen LogP contribution is 2.31. The molecule has 0 N–H and O–H groups in total. The minimum atomic E-state index is -1.28. The van der Waals surface area contributed by atoms with Crippen LogP contribution >= 0.6 is 11.6 Å². The Labute approximate surface area is 176 Å². The molecule has 1 fully saturated rings. The molecule has 5 atom stereocenters. The third kappa shape index (κ3) is 6.51. The zero-order chi connectivity index (χ0) is 22.3. The molecule has 0 bridgehead atoms. The third-order valence-electron chi connectivity index (χ3n) is 3.91. The van der Waals surface area contributed by atoms with Gasteiger partial charge in [0, 0.05) is 30.7 Å². The van der Waals surface area contributed by atoms with Crippen molar-refractivity contribution in [3.05, 3.63) is 39.7 Å². The molecule has 0 amide bonds. The molecule has 0 saturated carbocycles. The molecule has 1 heterocycles. The van der Waals surface area contributed by atoms with Gasteiger partial charge in [0.1, 0.15) is 30.6 Å². The molecule has 0 spiro atoms. The van der Waals surface area contributed by atoms with Crippen molar-refractivity contribution in [2.45, 2.75) is 51.4 Å². The fourth-order valence-electron chi connectivity index (χ4n) is 2.84. The highest BCUT2D eigenvalue weighted by molar-refractivity contribution is 6.30. The first kappa shape index (κ1) is 23.3. The monoisotopic (exact) mass is 441 g/mol. The quantitative estimate of drug-likeness (QED) is 0.206. The molecule has 12 heteroatoms. The number of carbonyl (C=O) groups excluding carboxylic acids is 3. The molecule has 0 aromatic heterocycles. The number of rotatable bonds is 7. The van der Waals surface area contributed by atoms with Crippen molar-refractivity contribution < 1.29 is 38.1 Å². The zero-order valence-corrected chi connectivity index (χ0v) is 17.1. The molecule has 1 aromatic carbocycles. The Morgan fingerprint density at radius 1 is 1.13 bits per heavy atom. The summed E-state index contributed by atoms with van der Waals surface area (Å²) in [4.78, 5) is 37.3. The van der Waals surface area contributed by atoms with Crippen LogP contribution in [0.5, 0.6) is 5.75 Å². The summed E-state index contributed by atoms with van der Waals surface area (Å²) >= 11 is 5.97. The number of ether oxygens (including phenoxy) is 5. The average Bonchev–Trinajstić information content (AvgIpc) is 2.64. The molecular formula is C18H20ClN3O8. The fourth-order valence-corrected chi connectivity index (χ4v) is 3.02. The molecule has 1 aliphatic rings. The highest BCUT2D eigenvalue weighted by atomic mass is 35.5. The molecule has 162 valence electrons. The van der Waals surface area contributed by atoms with Crippen molar-refractivity contribution in [1.29, 1.82) is 0 Å². The van der Waals surface area contributed by atoms with Crippen LogP contribution in [0.1, 0.15) is 20.8 Å². The van der Waals surface area contributed by atoms with Crippen molar-refractivity contribution >= 4 is 29.5 Å². The molecule has 30 heavy (non-hydrogen) atoms. The lowest BCUT2D eigenvalue weighted by molar-refractivity contribution is -0.259. The second-order valence-corrected chi connectivity index (χ2v) is 6.70. The van der Waals surface area contributed by atoms with Crippen LogP contribution in [0.4, 0.5) is 0 Å². The van der Waals surface area contributed by atoms with E-state index in [4.69, 9.17) is 40.8 Å². The lowest BCUT2D eigenvalue weighted by Crippen LogP contribution is -2.61. The van der Waals surface area contributed by atoms with Gasteiger partial charge in [-0.3, -0.25) is 14.4 Å². The SMILES string of the molecule is CC(=O)OCC1O[C@H](Oc2cccc(Cl)c2)C(OC(C)=O)C(N=[N+]=[N-])[C@H]1OC(C)=O. The fraction of sp³-hybridized carbons (Fsp3) is 0.500. The van der Waals surface area contributed by atoms with E-state index in [1.807, 2.05) is 0 Å². The van der Waals surface area contributed by atoms with Gasteiger partial charge >= 0.3 is 17.9 Å². The summed E-state index contributed by atoms with van der Waals surface area (Å²) in [7, 11) is 0. The van der Waals surface area contributed by atoms with Gasteiger partial charge in [-0.25, -0.2) is 0 Å². The van der Waals surface area contributed by atoms with E-state index in [1.165, 1.54) is 13.0 Å². The number of hydrogen-bond acceptors (Lipinski definition) is 9. The van der Waals surface area contributed by atoms with Crippen LogP contribution in [0.15, 0.2) is 29.4 Å². The van der Waals surface area contributed by atoms with E-state index >= 15 is 0 Å². The van der Waals surface area contributed by atoms with Crippen LogP contribution in [-0.2, 0) is 33.3 Å². The average molecular weight is 442 g/mol. The Hall–Kier alpha value is -3.01. The predicted octanol–water partition coefficient (Wildman–Crippen LogP) is 2.55. The summed E-state index contributed by atoms with van der Waals surface area (Å²) in [5.41, 5.74) is 9.03. The molecule has 1 aliphatic heterocycles. The number of halogens is 1. The van der Waals surface area contributed by atoms with Crippen molar-refractivity contribution in [2.75, 3.05) is 6.61 Å². The molecule has 1 saturated heterocycles. The molecule has 11 nitrogen and oxygen atoms in total. The van der Waals surface area contributed by atoms with E-state index in [-0.39, 0.29) is 12.4 Å². The Morgan fingerprint density at radius 2 is 1.80 bits per heavy atom. The van der Waals surface area contributed by atoms with E-state index in [0.717, 1.165) is 13.8 Å². The van der Waals surface area contributed by atoms with Crippen LogP contribution in [0.25, 0.3) is 10.4 Å². The maximum Gasteiger partial charge on any atom is 0.303 e.